The molecular weight excluding hydrogens is 706 g/mol. The maximum Gasteiger partial charge on any atom is 0.277 e. The van der Waals surface area contributed by atoms with Crippen molar-refractivity contribution in [2.45, 2.75) is 5.92 Å². The zero-order valence-corrected chi connectivity index (χ0v) is 30.9. The van der Waals surface area contributed by atoms with Crippen LogP contribution in [0.25, 0.3) is 96.7 Å². The van der Waals surface area contributed by atoms with Gasteiger partial charge in [0.2, 0.25) is 0 Å². The Hall–Kier alpha value is -6.39. The standard InChI is InChI=1S/C49H26BN3S2/c51-25-28-9-1-2-14-30(28)29-23-37-45-38(24-29)53-36-20-6-13-27-11-4-16-32(42(27)36)34-18-8-22-40-44(34)47(53)49(55-40)50(45)48-46-43-33(17-7-21-39(43)54-48)31-15-3-10-26-12-5-19-35(41(26)31)52(37)46/h1-24,28,30H. The summed E-state index contributed by atoms with van der Waals surface area (Å²) in [5.74, 6) is -0.333. The molecule has 2 aliphatic heterocycles. The van der Waals surface area contributed by atoms with Gasteiger partial charge in [0.1, 0.15) is 0 Å². The van der Waals surface area contributed by atoms with Crippen molar-refractivity contribution in [1.29, 1.82) is 5.26 Å². The van der Waals surface area contributed by atoms with Crippen LogP contribution in [0.2, 0.25) is 0 Å². The zero-order valence-electron chi connectivity index (χ0n) is 29.2. The van der Waals surface area contributed by atoms with Crippen molar-refractivity contribution in [1.82, 2.24) is 9.13 Å². The topological polar surface area (TPSA) is 33.6 Å². The number of nitrogens with zero attached hydrogens (tertiary/aromatic N) is 3. The molecule has 0 saturated heterocycles. The summed E-state index contributed by atoms with van der Waals surface area (Å²) in [5.41, 5.74) is 10.0. The third-order valence-electron chi connectivity index (χ3n) is 12.8. The van der Waals surface area contributed by atoms with Crippen LogP contribution < -0.4 is 15.0 Å². The van der Waals surface area contributed by atoms with Gasteiger partial charge in [-0.1, -0.05) is 109 Å². The predicted molar refractivity (Wildman–Crippen MR) is 236 cm³/mol. The second-order valence-corrected chi connectivity index (χ2v) is 17.5. The van der Waals surface area contributed by atoms with Crippen molar-refractivity contribution < 1.29 is 0 Å². The van der Waals surface area contributed by atoms with Gasteiger partial charge in [-0.25, -0.2) is 0 Å². The van der Waals surface area contributed by atoms with E-state index in [0.29, 0.717) is 0 Å². The first-order valence-corrected chi connectivity index (χ1v) is 20.6. The van der Waals surface area contributed by atoms with Crippen LogP contribution in [0.4, 0.5) is 0 Å². The van der Waals surface area contributed by atoms with Gasteiger partial charge in [0.15, 0.2) is 0 Å². The minimum atomic E-state index is -0.256. The minimum Gasteiger partial charge on any atom is -0.309 e. The quantitative estimate of drug-likeness (QED) is 0.155. The number of allylic oxidation sites excluding steroid dienone is 4. The third-order valence-corrected chi connectivity index (χ3v) is 15.2. The summed E-state index contributed by atoms with van der Waals surface area (Å²) in [6.45, 7) is 0.0569. The first-order chi connectivity index (χ1) is 27.3. The summed E-state index contributed by atoms with van der Waals surface area (Å²) >= 11 is 3.95. The summed E-state index contributed by atoms with van der Waals surface area (Å²) in [5, 5.41) is 23.5. The first-order valence-electron chi connectivity index (χ1n) is 18.9. The van der Waals surface area contributed by atoms with E-state index in [1.165, 1.54) is 117 Å². The number of fused-ring (bicyclic) bond motifs is 8. The largest absolute Gasteiger partial charge is 0.309 e. The smallest absolute Gasteiger partial charge is 0.277 e. The molecule has 0 radical (unpaired) electrons. The summed E-state index contributed by atoms with van der Waals surface area (Å²) in [6, 6.07) is 48.5. The van der Waals surface area contributed by atoms with Crippen LogP contribution >= 0.6 is 22.7 Å². The van der Waals surface area contributed by atoms with Crippen LogP contribution in [0.5, 0.6) is 0 Å². The molecule has 14 rings (SSSR count). The number of benzene rings is 7. The molecule has 55 heavy (non-hydrogen) atoms. The molecule has 3 aliphatic rings. The second-order valence-electron chi connectivity index (χ2n) is 15.4. The van der Waals surface area contributed by atoms with E-state index in [0.717, 1.165) is 0 Å². The summed E-state index contributed by atoms with van der Waals surface area (Å²) in [6.07, 6.45) is 8.44. The van der Waals surface area contributed by atoms with Crippen LogP contribution in [0.1, 0.15) is 11.5 Å². The van der Waals surface area contributed by atoms with Crippen molar-refractivity contribution in [2.75, 3.05) is 0 Å². The average Bonchev–Trinajstić information content (AvgIpc) is 3.74. The fourth-order valence-electron chi connectivity index (χ4n) is 10.7. The van der Waals surface area contributed by atoms with E-state index < -0.39 is 0 Å². The van der Waals surface area contributed by atoms with Gasteiger partial charge < -0.3 is 9.13 Å². The molecule has 6 heterocycles. The van der Waals surface area contributed by atoms with Crippen molar-refractivity contribution in [3.05, 3.63) is 151 Å². The molecule has 0 saturated carbocycles. The SMILES string of the molecule is N#CC1C=CC=CC1c1cc2c3c(c1)-n1c4cccc5cccc(c6cccc7sc(c1c76)B3c1sc3cccc6c7cccc8cccc(c87)n-2c1c36)c54. The number of hydrogen-bond donors (Lipinski definition) is 0. The van der Waals surface area contributed by atoms with Crippen molar-refractivity contribution in [3.8, 4) is 17.4 Å². The molecule has 0 fully saturated rings. The van der Waals surface area contributed by atoms with E-state index >= 15 is 0 Å². The average molecular weight is 732 g/mol. The lowest BCUT2D eigenvalue weighted by atomic mass is 9.40. The lowest BCUT2D eigenvalue weighted by Gasteiger charge is -2.34. The van der Waals surface area contributed by atoms with E-state index in [1.54, 1.807) is 0 Å². The molecule has 0 N–H and O–H groups in total. The van der Waals surface area contributed by atoms with Gasteiger partial charge in [-0.15, -0.1) is 22.7 Å². The molecule has 1 aliphatic carbocycles. The summed E-state index contributed by atoms with van der Waals surface area (Å²) in [4.78, 5) is 0. The molecule has 0 amide bonds. The highest BCUT2D eigenvalue weighted by atomic mass is 32.1. The maximum atomic E-state index is 10.5. The van der Waals surface area contributed by atoms with E-state index in [1.807, 2.05) is 28.7 Å². The molecule has 7 aromatic carbocycles. The van der Waals surface area contributed by atoms with Crippen LogP contribution in [0.3, 0.4) is 0 Å². The molecule has 0 spiro atoms. The van der Waals surface area contributed by atoms with Gasteiger partial charge >= 0.3 is 0 Å². The van der Waals surface area contributed by atoms with Crippen LogP contribution in [-0.4, -0.2) is 15.8 Å². The zero-order chi connectivity index (χ0) is 35.7. The monoisotopic (exact) mass is 731 g/mol. The van der Waals surface area contributed by atoms with Crippen LogP contribution in [0, 0.1) is 17.2 Å². The number of hydrogen-bond acceptors (Lipinski definition) is 3. The van der Waals surface area contributed by atoms with Gasteiger partial charge in [0, 0.05) is 57.8 Å². The Morgan fingerprint density at radius 3 is 1.55 bits per heavy atom. The lowest BCUT2D eigenvalue weighted by molar-refractivity contribution is 0.711. The molecule has 11 aromatic rings. The van der Waals surface area contributed by atoms with Gasteiger partial charge in [0.25, 0.3) is 6.71 Å². The highest BCUT2D eigenvalue weighted by molar-refractivity contribution is 7.41. The minimum absolute atomic E-state index is 0.0569. The second kappa shape index (κ2) is 10.0. The maximum absolute atomic E-state index is 10.5. The fraction of sp³-hybridized carbons (Fsp3) is 0.0408. The van der Waals surface area contributed by atoms with Crippen molar-refractivity contribution in [3.63, 3.8) is 0 Å². The van der Waals surface area contributed by atoms with E-state index in [9.17, 15) is 5.26 Å². The molecule has 6 heteroatoms. The molecule has 252 valence electrons. The molecule has 2 unspecified atom stereocenters. The molecule has 2 atom stereocenters. The molecule has 3 nitrogen and oxygen atoms in total. The predicted octanol–water partition coefficient (Wildman–Crippen LogP) is 11.1. The number of nitriles is 1. The highest BCUT2D eigenvalue weighted by Crippen LogP contribution is 2.46. The van der Waals surface area contributed by atoms with E-state index in [4.69, 9.17) is 0 Å². The Morgan fingerprint density at radius 2 is 1.02 bits per heavy atom. The summed E-state index contributed by atoms with van der Waals surface area (Å²) < 4.78 is 10.7. The van der Waals surface area contributed by atoms with Gasteiger partial charge in [-0.05, 0) is 79.7 Å². The van der Waals surface area contributed by atoms with Crippen molar-refractivity contribution in [2.24, 2.45) is 5.92 Å². The van der Waals surface area contributed by atoms with Gasteiger partial charge in [0.05, 0.1) is 34.1 Å². The Bertz CT molecular complexity index is 3480. The third kappa shape index (κ3) is 3.40. The Labute approximate surface area is 322 Å². The molecule has 4 aromatic heterocycles. The highest BCUT2D eigenvalue weighted by Gasteiger charge is 2.43. The fourth-order valence-corrected chi connectivity index (χ4v) is 13.5. The number of aromatic nitrogens is 2. The lowest BCUT2D eigenvalue weighted by Crippen LogP contribution is -2.57. The molecule has 0 bridgehead atoms. The Kier molecular flexibility index (Phi) is 5.29. The van der Waals surface area contributed by atoms with Crippen LogP contribution in [0.15, 0.2) is 146 Å². The normalized spacial score (nSPS) is 16.9. The summed E-state index contributed by atoms with van der Waals surface area (Å²) in [7, 11) is 0. The Balaban J connectivity index is 1.29. The van der Waals surface area contributed by atoms with Gasteiger partial charge in [-0.3, -0.25) is 0 Å². The van der Waals surface area contributed by atoms with Gasteiger partial charge in [-0.2, -0.15) is 5.26 Å². The van der Waals surface area contributed by atoms with E-state index in [2.05, 4.69) is 155 Å². The van der Waals surface area contributed by atoms with Crippen LogP contribution in [-0.2, 0) is 0 Å². The van der Waals surface area contributed by atoms with E-state index in [-0.39, 0.29) is 18.5 Å². The number of thiophene rings is 2. The number of rotatable bonds is 1. The molecular formula is C49H26BN3S2. The Morgan fingerprint density at radius 1 is 0.545 bits per heavy atom. The first kappa shape index (κ1) is 29.0. The van der Waals surface area contributed by atoms with Crippen molar-refractivity contribution >= 4 is 130 Å².